The van der Waals surface area contributed by atoms with Crippen molar-refractivity contribution in [3.05, 3.63) is 29.6 Å². The summed E-state index contributed by atoms with van der Waals surface area (Å²) in [6, 6.07) is 3.29. The summed E-state index contributed by atoms with van der Waals surface area (Å²) >= 11 is 0. The van der Waals surface area contributed by atoms with Gasteiger partial charge in [0.2, 0.25) is 10.0 Å². The number of carbonyl (C=O) groups is 1. The molecule has 1 rings (SSSR count). The fraction of sp³-hybridized carbons (Fsp3) is 0.222. The van der Waals surface area contributed by atoms with E-state index in [0.717, 1.165) is 12.1 Å². The van der Waals surface area contributed by atoms with E-state index in [2.05, 4.69) is 0 Å². The van der Waals surface area contributed by atoms with Gasteiger partial charge in [-0.2, -0.15) is 4.72 Å². The van der Waals surface area contributed by atoms with E-state index in [4.69, 9.17) is 5.11 Å². The average molecular weight is 247 g/mol. The van der Waals surface area contributed by atoms with Crippen molar-refractivity contribution in [2.24, 2.45) is 0 Å². The number of aryl methyl sites for hydroxylation is 1. The van der Waals surface area contributed by atoms with Gasteiger partial charge in [0.05, 0.1) is 4.90 Å². The van der Waals surface area contributed by atoms with Gasteiger partial charge in [-0.25, -0.2) is 12.8 Å². The third kappa shape index (κ3) is 3.01. The number of nitrogens with one attached hydrogen (secondary N) is 1. The molecule has 0 aromatic heterocycles. The molecule has 0 atom stereocenters. The minimum absolute atomic E-state index is 0.256. The van der Waals surface area contributed by atoms with Crippen molar-refractivity contribution in [2.45, 2.75) is 11.8 Å². The van der Waals surface area contributed by atoms with Crippen LogP contribution in [0, 0.1) is 12.7 Å². The molecule has 0 amide bonds. The third-order valence-electron chi connectivity index (χ3n) is 1.85. The van der Waals surface area contributed by atoms with Crippen LogP contribution >= 0.6 is 0 Å². The fourth-order valence-corrected chi connectivity index (χ4v) is 2.33. The maximum absolute atomic E-state index is 12.9. The standard InChI is InChI=1S/C9H10FNO4S/c1-6-2-3-7(10)4-8(6)16(14,15)11-5-9(12)13/h2-4,11H,5H2,1H3,(H,12,13). The third-order valence-corrected chi connectivity index (χ3v) is 3.40. The Morgan fingerprint density at radius 3 is 2.69 bits per heavy atom. The molecule has 0 fully saturated rings. The van der Waals surface area contributed by atoms with Crippen LogP contribution in [0.4, 0.5) is 4.39 Å². The normalized spacial score (nSPS) is 11.4. The van der Waals surface area contributed by atoms with Gasteiger partial charge in [-0.1, -0.05) is 6.07 Å². The topological polar surface area (TPSA) is 83.5 Å². The van der Waals surface area contributed by atoms with Crippen LogP contribution in [-0.2, 0) is 14.8 Å². The summed E-state index contributed by atoms with van der Waals surface area (Å²) in [7, 11) is -3.98. The minimum atomic E-state index is -3.98. The van der Waals surface area contributed by atoms with Crippen molar-refractivity contribution in [1.82, 2.24) is 4.72 Å². The average Bonchev–Trinajstić information content (AvgIpc) is 2.19. The molecule has 0 saturated carbocycles. The Hall–Kier alpha value is -1.47. The molecular formula is C9H10FNO4S. The van der Waals surface area contributed by atoms with Gasteiger partial charge in [-0.15, -0.1) is 0 Å². The maximum atomic E-state index is 12.9. The van der Waals surface area contributed by atoms with Crippen LogP contribution in [0.25, 0.3) is 0 Å². The summed E-state index contributed by atoms with van der Waals surface area (Å²) in [6.45, 7) is 0.757. The molecule has 0 bridgehead atoms. The molecule has 16 heavy (non-hydrogen) atoms. The lowest BCUT2D eigenvalue weighted by molar-refractivity contribution is -0.135. The highest BCUT2D eigenvalue weighted by Gasteiger charge is 2.18. The zero-order valence-electron chi connectivity index (χ0n) is 8.40. The monoisotopic (exact) mass is 247 g/mol. The molecule has 7 heteroatoms. The maximum Gasteiger partial charge on any atom is 0.318 e. The Kier molecular flexibility index (Phi) is 3.61. The highest BCUT2D eigenvalue weighted by molar-refractivity contribution is 7.89. The van der Waals surface area contributed by atoms with E-state index >= 15 is 0 Å². The Labute approximate surface area is 92.0 Å². The molecule has 2 N–H and O–H groups in total. The summed E-state index contributed by atoms with van der Waals surface area (Å²) in [5.41, 5.74) is 0.347. The van der Waals surface area contributed by atoms with Crippen LogP contribution < -0.4 is 4.72 Å². The Morgan fingerprint density at radius 2 is 2.12 bits per heavy atom. The number of halogens is 1. The summed E-state index contributed by atoms with van der Waals surface area (Å²) in [6.07, 6.45) is 0. The molecule has 1 aromatic rings. The second-order valence-corrected chi connectivity index (χ2v) is 4.86. The van der Waals surface area contributed by atoms with Gasteiger partial charge in [0, 0.05) is 0 Å². The van der Waals surface area contributed by atoms with Gasteiger partial charge in [0.1, 0.15) is 12.4 Å². The molecule has 0 heterocycles. The molecule has 0 spiro atoms. The van der Waals surface area contributed by atoms with Gasteiger partial charge < -0.3 is 5.11 Å². The molecule has 0 aliphatic carbocycles. The van der Waals surface area contributed by atoms with Crippen LogP contribution in [0.2, 0.25) is 0 Å². The van der Waals surface area contributed by atoms with Crippen LogP contribution in [0.1, 0.15) is 5.56 Å². The Morgan fingerprint density at radius 1 is 1.50 bits per heavy atom. The number of benzene rings is 1. The Bertz CT molecular complexity index is 512. The summed E-state index contributed by atoms with van der Waals surface area (Å²) in [4.78, 5) is 9.97. The minimum Gasteiger partial charge on any atom is -0.480 e. The van der Waals surface area contributed by atoms with E-state index in [9.17, 15) is 17.6 Å². The first-order chi connectivity index (χ1) is 7.33. The quantitative estimate of drug-likeness (QED) is 0.811. The smallest absolute Gasteiger partial charge is 0.318 e. The predicted octanol–water partition coefficient (Wildman–Crippen LogP) is 0.497. The van der Waals surface area contributed by atoms with Crippen LogP contribution in [-0.4, -0.2) is 26.0 Å². The first kappa shape index (κ1) is 12.6. The fourth-order valence-electron chi connectivity index (χ4n) is 1.10. The first-order valence-electron chi connectivity index (χ1n) is 4.30. The van der Waals surface area contributed by atoms with Crippen molar-refractivity contribution in [1.29, 1.82) is 0 Å². The molecule has 1 aromatic carbocycles. The van der Waals surface area contributed by atoms with E-state index in [1.807, 2.05) is 4.72 Å². The van der Waals surface area contributed by atoms with E-state index < -0.39 is 28.4 Å². The first-order valence-corrected chi connectivity index (χ1v) is 5.79. The number of carboxylic acid groups (broad SMARTS) is 1. The highest BCUT2D eigenvalue weighted by atomic mass is 32.2. The summed E-state index contributed by atoms with van der Waals surface area (Å²) < 4.78 is 37.9. The van der Waals surface area contributed by atoms with E-state index in [0.29, 0.717) is 5.56 Å². The molecule has 88 valence electrons. The molecule has 0 unspecified atom stereocenters. The van der Waals surface area contributed by atoms with Crippen LogP contribution in [0.5, 0.6) is 0 Å². The van der Waals surface area contributed by atoms with E-state index in [-0.39, 0.29) is 4.90 Å². The lowest BCUT2D eigenvalue weighted by atomic mass is 10.2. The van der Waals surface area contributed by atoms with Crippen molar-refractivity contribution < 1.29 is 22.7 Å². The number of sulfonamides is 1. The molecule has 0 radical (unpaired) electrons. The largest absolute Gasteiger partial charge is 0.480 e. The Balaban J connectivity index is 3.07. The number of hydrogen-bond acceptors (Lipinski definition) is 3. The van der Waals surface area contributed by atoms with Gasteiger partial charge >= 0.3 is 5.97 Å². The lowest BCUT2D eigenvalue weighted by Gasteiger charge is -2.07. The number of hydrogen-bond donors (Lipinski definition) is 2. The summed E-state index contributed by atoms with van der Waals surface area (Å²) in [5.74, 6) is -2.00. The number of aliphatic carboxylic acids is 1. The predicted molar refractivity (Wildman–Crippen MR) is 54.0 cm³/mol. The molecule has 0 aliphatic rings. The van der Waals surface area contributed by atoms with Crippen molar-refractivity contribution in [3.8, 4) is 0 Å². The van der Waals surface area contributed by atoms with E-state index in [1.165, 1.54) is 13.0 Å². The van der Waals surface area contributed by atoms with E-state index in [1.54, 1.807) is 0 Å². The number of carboxylic acids is 1. The lowest BCUT2D eigenvalue weighted by Crippen LogP contribution is -2.29. The molecule has 0 saturated heterocycles. The van der Waals surface area contributed by atoms with Gasteiger partial charge in [0.15, 0.2) is 0 Å². The van der Waals surface area contributed by atoms with Crippen molar-refractivity contribution in [2.75, 3.05) is 6.54 Å². The van der Waals surface area contributed by atoms with Gasteiger partial charge in [-0.3, -0.25) is 4.79 Å². The van der Waals surface area contributed by atoms with Crippen molar-refractivity contribution >= 4 is 16.0 Å². The SMILES string of the molecule is Cc1ccc(F)cc1S(=O)(=O)NCC(=O)O. The zero-order valence-corrected chi connectivity index (χ0v) is 9.21. The molecule has 5 nitrogen and oxygen atoms in total. The van der Waals surface area contributed by atoms with Crippen LogP contribution in [0.3, 0.4) is 0 Å². The highest BCUT2D eigenvalue weighted by Crippen LogP contribution is 2.15. The molecule has 0 aliphatic heterocycles. The summed E-state index contributed by atoms with van der Waals surface area (Å²) in [5, 5.41) is 8.35. The van der Waals surface area contributed by atoms with Gasteiger partial charge in [0.25, 0.3) is 0 Å². The van der Waals surface area contributed by atoms with Crippen molar-refractivity contribution in [3.63, 3.8) is 0 Å². The second kappa shape index (κ2) is 4.58. The zero-order chi connectivity index (χ0) is 12.3. The van der Waals surface area contributed by atoms with Crippen LogP contribution in [0.15, 0.2) is 23.1 Å². The number of rotatable bonds is 4. The van der Waals surface area contributed by atoms with Gasteiger partial charge in [-0.05, 0) is 24.6 Å². The second-order valence-electron chi connectivity index (χ2n) is 3.13. The molecular weight excluding hydrogens is 237 g/mol.